The number of halogens is 5. The highest BCUT2D eigenvalue weighted by Crippen LogP contribution is 2.32. The summed E-state index contributed by atoms with van der Waals surface area (Å²) < 4.78 is 43.2. The van der Waals surface area contributed by atoms with Crippen molar-refractivity contribution in [2.45, 2.75) is 33.1 Å². The van der Waals surface area contributed by atoms with Crippen LogP contribution in [0.3, 0.4) is 0 Å². The number of rotatable bonds is 4. The molecular weight excluding hydrogens is 509 g/mol. The van der Waals surface area contributed by atoms with Gasteiger partial charge in [-0.15, -0.1) is 0 Å². The van der Waals surface area contributed by atoms with Gasteiger partial charge < -0.3 is 4.90 Å². The van der Waals surface area contributed by atoms with Gasteiger partial charge in [0.05, 0.1) is 21.2 Å². The van der Waals surface area contributed by atoms with Crippen LogP contribution in [0.15, 0.2) is 21.2 Å². The monoisotopic (exact) mass is 522 g/mol. The average Bonchev–Trinajstić information content (AvgIpc) is 3.13. The summed E-state index contributed by atoms with van der Waals surface area (Å²) in [5, 5.41) is 8.23. The van der Waals surface area contributed by atoms with E-state index in [4.69, 9.17) is 0 Å². The average molecular weight is 524 g/mol. The van der Waals surface area contributed by atoms with Crippen LogP contribution in [-0.4, -0.2) is 42.2 Å². The predicted molar refractivity (Wildman–Crippen MR) is 102 cm³/mol. The summed E-state index contributed by atoms with van der Waals surface area (Å²) in [6.07, 6.45) is -2.85. The van der Waals surface area contributed by atoms with E-state index in [1.165, 1.54) is 18.9 Å². The number of aromatic nitrogens is 5. The van der Waals surface area contributed by atoms with Crippen molar-refractivity contribution >= 4 is 43.4 Å². The number of alkyl halides is 3. The largest absolute Gasteiger partial charge is 0.433 e. The quantitative estimate of drug-likeness (QED) is 0.517. The minimum atomic E-state index is -4.64. The first-order valence-electron chi connectivity index (χ1n) is 8.13. The Morgan fingerprint density at radius 3 is 2.54 bits per heavy atom. The van der Waals surface area contributed by atoms with Gasteiger partial charge in [-0.25, -0.2) is 9.50 Å². The maximum absolute atomic E-state index is 13.4. The van der Waals surface area contributed by atoms with Crippen molar-refractivity contribution in [1.82, 2.24) is 29.3 Å². The molecule has 1 amide bonds. The lowest BCUT2D eigenvalue weighted by molar-refractivity contribution is -0.142. The Labute approximate surface area is 174 Å². The standard InChI is InChI=1S/C16H15Br2F3N6O/c1-4-26-6-9(17)10(23-26)7-25(3)15(28)13-12(18)14-22-8(2)5-11(16(19,20)21)27(14)24-13/h5-6H,4,7H2,1-3H3. The van der Waals surface area contributed by atoms with Gasteiger partial charge in [0, 0.05) is 25.5 Å². The van der Waals surface area contributed by atoms with Gasteiger partial charge in [0.25, 0.3) is 5.91 Å². The summed E-state index contributed by atoms with van der Waals surface area (Å²) in [7, 11) is 1.53. The maximum atomic E-state index is 13.4. The molecule has 3 rings (SSSR count). The zero-order chi connectivity index (χ0) is 20.8. The van der Waals surface area contributed by atoms with Gasteiger partial charge in [0.1, 0.15) is 5.69 Å². The molecule has 0 aliphatic carbocycles. The smallest absolute Gasteiger partial charge is 0.334 e. The van der Waals surface area contributed by atoms with Crippen LogP contribution in [0.1, 0.15) is 34.5 Å². The van der Waals surface area contributed by atoms with E-state index in [-0.39, 0.29) is 28.1 Å². The van der Waals surface area contributed by atoms with Gasteiger partial charge in [-0.2, -0.15) is 23.4 Å². The van der Waals surface area contributed by atoms with Gasteiger partial charge in [-0.1, -0.05) is 0 Å². The van der Waals surface area contributed by atoms with E-state index in [0.717, 1.165) is 10.5 Å². The van der Waals surface area contributed by atoms with E-state index < -0.39 is 17.8 Å². The Morgan fingerprint density at radius 2 is 1.96 bits per heavy atom. The SMILES string of the molecule is CCn1cc(Br)c(CN(C)C(=O)c2nn3c(C(F)(F)F)cc(C)nc3c2Br)n1. The van der Waals surface area contributed by atoms with Gasteiger partial charge >= 0.3 is 6.18 Å². The van der Waals surface area contributed by atoms with Crippen molar-refractivity contribution in [1.29, 1.82) is 0 Å². The number of aryl methyl sites for hydroxylation is 2. The second-order valence-electron chi connectivity index (χ2n) is 6.12. The molecule has 0 saturated carbocycles. The minimum Gasteiger partial charge on any atom is -0.334 e. The summed E-state index contributed by atoms with van der Waals surface area (Å²) in [5.74, 6) is -0.555. The van der Waals surface area contributed by atoms with Crippen molar-refractivity contribution in [2.75, 3.05) is 7.05 Å². The molecule has 0 aliphatic heterocycles. The lowest BCUT2D eigenvalue weighted by atomic mass is 10.3. The number of carbonyl (C=O) groups excluding carboxylic acids is 1. The fourth-order valence-electron chi connectivity index (χ4n) is 2.63. The number of hydrogen-bond acceptors (Lipinski definition) is 4. The lowest BCUT2D eigenvalue weighted by Crippen LogP contribution is -2.27. The lowest BCUT2D eigenvalue weighted by Gasteiger charge is -2.14. The van der Waals surface area contributed by atoms with Gasteiger partial charge in [0.2, 0.25) is 0 Å². The van der Waals surface area contributed by atoms with Gasteiger partial charge in [0.15, 0.2) is 11.3 Å². The molecule has 150 valence electrons. The molecule has 0 atom stereocenters. The van der Waals surface area contributed by atoms with Crippen molar-refractivity contribution in [3.63, 3.8) is 0 Å². The highest BCUT2D eigenvalue weighted by molar-refractivity contribution is 9.11. The first-order valence-corrected chi connectivity index (χ1v) is 9.71. The third kappa shape index (κ3) is 3.79. The molecule has 0 radical (unpaired) electrons. The Morgan fingerprint density at radius 1 is 1.29 bits per heavy atom. The second-order valence-corrected chi connectivity index (χ2v) is 7.77. The Hall–Kier alpha value is -1.95. The van der Waals surface area contributed by atoms with E-state index in [0.29, 0.717) is 16.8 Å². The molecule has 3 aromatic rings. The molecule has 0 N–H and O–H groups in total. The molecule has 12 heteroatoms. The second kappa shape index (κ2) is 7.47. The Bertz CT molecular complexity index is 1060. The van der Waals surface area contributed by atoms with Crippen molar-refractivity contribution < 1.29 is 18.0 Å². The van der Waals surface area contributed by atoms with Crippen molar-refractivity contribution in [2.24, 2.45) is 0 Å². The molecule has 0 saturated heterocycles. The van der Waals surface area contributed by atoms with E-state index in [9.17, 15) is 18.0 Å². The molecule has 0 spiro atoms. The van der Waals surface area contributed by atoms with Crippen LogP contribution < -0.4 is 0 Å². The van der Waals surface area contributed by atoms with Crippen molar-refractivity contribution in [3.8, 4) is 0 Å². The summed E-state index contributed by atoms with van der Waals surface area (Å²) in [5.41, 5.74) is -0.427. The minimum absolute atomic E-state index is 0.0690. The fraction of sp³-hybridized carbons (Fsp3) is 0.375. The summed E-state index contributed by atoms with van der Waals surface area (Å²) in [4.78, 5) is 18.3. The predicted octanol–water partition coefficient (Wildman–Crippen LogP) is 4.07. The molecule has 0 aliphatic rings. The molecule has 0 unspecified atom stereocenters. The molecule has 3 heterocycles. The molecule has 28 heavy (non-hydrogen) atoms. The van der Waals surface area contributed by atoms with E-state index >= 15 is 0 Å². The molecule has 3 aromatic heterocycles. The van der Waals surface area contributed by atoms with E-state index in [2.05, 4.69) is 47.0 Å². The molecule has 0 aromatic carbocycles. The summed E-state index contributed by atoms with van der Waals surface area (Å²) >= 11 is 6.57. The highest BCUT2D eigenvalue weighted by atomic mass is 79.9. The summed E-state index contributed by atoms with van der Waals surface area (Å²) in [6.45, 7) is 4.20. The highest BCUT2D eigenvalue weighted by Gasteiger charge is 2.36. The van der Waals surface area contributed by atoms with Crippen LogP contribution in [0.25, 0.3) is 5.65 Å². The van der Waals surface area contributed by atoms with Crippen LogP contribution in [0.5, 0.6) is 0 Å². The zero-order valence-electron chi connectivity index (χ0n) is 15.1. The first kappa shape index (κ1) is 20.8. The van der Waals surface area contributed by atoms with Crippen LogP contribution >= 0.6 is 31.9 Å². The Balaban J connectivity index is 1.99. The van der Waals surface area contributed by atoms with Crippen molar-refractivity contribution in [3.05, 3.63) is 44.0 Å². The molecule has 0 bridgehead atoms. The fourth-order valence-corrected chi connectivity index (χ4v) is 3.58. The summed E-state index contributed by atoms with van der Waals surface area (Å²) in [6, 6.07) is 0.888. The van der Waals surface area contributed by atoms with Crippen LogP contribution in [0.2, 0.25) is 0 Å². The third-order valence-corrected chi connectivity index (χ3v) is 5.39. The van der Waals surface area contributed by atoms with Crippen LogP contribution in [-0.2, 0) is 19.3 Å². The number of carbonyl (C=O) groups is 1. The molecule has 7 nitrogen and oxygen atoms in total. The van der Waals surface area contributed by atoms with Crippen LogP contribution in [0, 0.1) is 6.92 Å². The molecule has 0 fully saturated rings. The maximum Gasteiger partial charge on any atom is 0.433 e. The van der Waals surface area contributed by atoms with E-state index in [1.807, 2.05) is 6.92 Å². The topological polar surface area (TPSA) is 68.3 Å². The van der Waals surface area contributed by atoms with Gasteiger partial charge in [-0.05, 0) is 51.8 Å². The molecular formula is C16H15Br2F3N6O. The Kier molecular flexibility index (Phi) is 5.54. The number of fused-ring (bicyclic) bond motifs is 1. The third-order valence-electron chi connectivity index (χ3n) is 4.00. The normalized spacial score (nSPS) is 12.0. The number of hydrogen-bond donors (Lipinski definition) is 0. The first-order chi connectivity index (χ1) is 13.0. The van der Waals surface area contributed by atoms with Gasteiger partial charge in [-0.3, -0.25) is 9.48 Å². The van der Waals surface area contributed by atoms with Crippen LogP contribution in [0.4, 0.5) is 13.2 Å². The van der Waals surface area contributed by atoms with E-state index in [1.54, 1.807) is 10.9 Å². The number of nitrogens with zero attached hydrogens (tertiary/aromatic N) is 6. The zero-order valence-corrected chi connectivity index (χ0v) is 18.2. The number of amides is 1.